The standard InChI is InChI=1S/C57H40N4S/c58-56(39-19-7-2-8-20-39)60-57(40-21-9-3-10-22-40)59-37-43-35-41(47-26-14-13-25-46(47)38-17-5-1-6-18-38)29-31-45(43)42-30-32-48-49-33-34-52-54(55(49)62-53(48)36-42)50-27-15-16-28-51(50)61(52)44-23-11-4-12-24-44/h1-36H,37H2,(H2,58,59,60). The maximum atomic E-state index is 6.65. The minimum Gasteiger partial charge on any atom is -0.383 e. The normalized spacial score (nSPS) is 12.2. The smallest absolute Gasteiger partial charge is 0.157 e. The third kappa shape index (κ3) is 6.75. The van der Waals surface area contributed by atoms with Gasteiger partial charge in [-0.15, -0.1) is 11.3 Å². The van der Waals surface area contributed by atoms with Crippen LogP contribution >= 0.6 is 11.3 Å². The van der Waals surface area contributed by atoms with Gasteiger partial charge >= 0.3 is 0 Å². The third-order valence-corrected chi connectivity index (χ3v) is 12.9. The van der Waals surface area contributed by atoms with Gasteiger partial charge in [-0.2, -0.15) is 0 Å². The summed E-state index contributed by atoms with van der Waals surface area (Å²) < 4.78 is 4.95. The summed E-state index contributed by atoms with van der Waals surface area (Å²) >= 11 is 1.88. The minimum atomic E-state index is 0.399. The summed E-state index contributed by atoms with van der Waals surface area (Å²) in [7, 11) is 0. The Labute approximate surface area is 364 Å². The molecule has 0 radical (unpaired) electrons. The molecule has 0 aliphatic carbocycles. The molecule has 2 N–H and O–H groups in total. The number of fused-ring (bicyclic) bond motifs is 7. The van der Waals surface area contributed by atoms with E-state index < -0.39 is 0 Å². The number of aromatic nitrogens is 1. The van der Waals surface area contributed by atoms with Crippen molar-refractivity contribution in [2.75, 3.05) is 0 Å². The Morgan fingerprint density at radius 1 is 0.468 bits per heavy atom. The second-order valence-corrected chi connectivity index (χ2v) is 16.5. The van der Waals surface area contributed by atoms with Gasteiger partial charge in [-0.3, -0.25) is 4.99 Å². The van der Waals surface area contributed by atoms with E-state index in [9.17, 15) is 0 Å². The van der Waals surface area contributed by atoms with Crippen LogP contribution in [-0.4, -0.2) is 16.2 Å². The molecule has 5 heteroatoms. The molecule has 2 aromatic heterocycles. The Hall–Kier alpha value is -7.86. The summed E-state index contributed by atoms with van der Waals surface area (Å²) in [5.74, 6) is 1.02. The van der Waals surface area contributed by atoms with Crippen molar-refractivity contribution in [1.29, 1.82) is 0 Å². The Morgan fingerprint density at radius 3 is 1.82 bits per heavy atom. The van der Waals surface area contributed by atoms with Crippen molar-refractivity contribution in [2.24, 2.45) is 15.7 Å². The fourth-order valence-electron chi connectivity index (χ4n) is 8.81. The Bertz CT molecular complexity index is 3480. The lowest BCUT2D eigenvalue weighted by molar-refractivity contribution is 1.06. The lowest BCUT2D eigenvalue weighted by Gasteiger charge is -2.15. The van der Waals surface area contributed by atoms with E-state index in [0.717, 1.165) is 39.1 Å². The van der Waals surface area contributed by atoms with E-state index in [4.69, 9.17) is 15.7 Å². The maximum Gasteiger partial charge on any atom is 0.157 e. The number of para-hydroxylation sites is 2. The number of hydrogen-bond donors (Lipinski definition) is 1. The van der Waals surface area contributed by atoms with Crippen molar-refractivity contribution < 1.29 is 0 Å². The molecule has 0 aliphatic heterocycles. The molecule has 0 fully saturated rings. The van der Waals surface area contributed by atoms with Crippen molar-refractivity contribution >= 4 is 65.0 Å². The van der Waals surface area contributed by atoms with Gasteiger partial charge in [0.05, 0.1) is 17.6 Å². The highest BCUT2D eigenvalue weighted by molar-refractivity contribution is 7.26. The number of benzene rings is 9. The van der Waals surface area contributed by atoms with Crippen LogP contribution in [0.15, 0.2) is 228 Å². The highest BCUT2D eigenvalue weighted by atomic mass is 32.1. The zero-order chi connectivity index (χ0) is 41.4. The zero-order valence-electron chi connectivity index (χ0n) is 33.8. The number of aliphatic imine (C=N–C) groups is 2. The largest absolute Gasteiger partial charge is 0.383 e. The van der Waals surface area contributed by atoms with Crippen LogP contribution in [0.25, 0.3) is 81.0 Å². The molecule has 0 unspecified atom stereocenters. The lowest BCUT2D eigenvalue weighted by Crippen LogP contribution is -2.16. The molecule has 62 heavy (non-hydrogen) atoms. The molecule has 294 valence electrons. The molecule has 11 aromatic rings. The highest BCUT2D eigenvalue weighted by Crippen LogP contribution is 2.45. The molecule has 0 saturated carbocycles. The van der Waals surface area contributed by atoms with Crippen LogP contribution in [0.3, 0.4) is 0 Å². The fraction of sp³-hybridized carbons (Fsp3) is 0.0175. The summed E-state index contributed by atoms with van der Waals surface area (Å²) in [4.78, 5) is 10.2. The average molecular weight is 813 g/mol. The van der Waals surface area contributed by atoms with Crippen LogP contribution in [0, 0.1) is 0 Å². The molecular weight excluding hydrogens is 773 g/mol. The van der Waals surface area contributed by atoms with E-state index in [1.54, 1.807) is 0 Å². The summed E-state index contributed by atoms with van der Waals surface area (Å²) in [5.41, 5.74) is 20.0. The Kier molecular flexibility index (Phi) is 9.57. The number of rotatable bonds is 8. The van der Waals surface area contributed by atoms with Gasteiger partial charge in [0.15, 0.2) is 5.84 Å². The van der Waals surface area contributed by atoms with E-state index in [1.807, 2.05) is 72.0 Å². The number of nitrogens with zero attached hydrogens (tertiary/aromatic N) is 3. The highest BCUT2D eigenvalue weighted by Gasteiger charge is 2.19. The van der Waals surface area contributed by atoms with Gasteiger partial charge in [0, 0.05) is 47.8 Å². The molecule has 4 nitrogen and oxygen atoms in total. The first kappa shape index (κ1) is 37.2. The third-order valence-electron chi connectivity index (χ3n) is 11.8. The van der Waals surface area contributed by atoms with Crippen LogP contribution in [0.4, 0.5) is 0 Å². The second kappa shape index (κ2) is 16.0. The first-order valence-corrected chi connectivity index (χ1v) is 21.7. The number of amidine groups is 2. The Morgan fingerprint density at radius 2 is 1.06 bits per heavy atom. The minimum absolute atomic E-state index is 0.399. The van der Waals surface area contributed by atoms with Crippen molar-refractivity contribution in [3.63, 3.8) is 0 Å². The van der Waals surface area contributed by atoms with Gasteiger partial charge in [0.2, 0.25) is 0 Å². The van der Waals surface area contributed by atoms with Gasteiger partial charge in [-0.1, -0.05) is 182 Å². The molecule has 0 atom stereocenters. The predicted molar refractivity (Wildman–Crippen MR) is 264 cm³/mol. The predicted octanol–water partition coefficient (Wildman–Crippen LogP) is 14.5. The van der Waals surface area contributed by atoms with Crippen LogP contribution in [-0.2, 0) is 6.54 Å². The zero-order valence-corrected chi connectivity index (χ0v) is 34.6. The summed E-state index contributed by atoms with van der Waals surface area (Å²) in [6.45, 7) is 0.399. The van der Waals surface area contributed by atoms with E-state index in [1.165, 1.54) is 58.7 Å². The van der Waals surface area contributed by atoms with Gasteiger partial charge in [0.25, 0.3) is 0 Å². The summed E-state index contributed by atoms with van der Waals surface area (Å²) in [5, 5.41) is 5.10. The van der Waals surface area contributed by atoms with Crippen LogP contribution in [0.2, 0.25) is 0 Å². The van der Waals surface area contributed by atoms with E-state index in [-0.39, 0.29) is 0 Å². The van der Waals surface area contributed by atoms with E-state index in [0.29, 0.717) is 18.2 Å². The summed E-state index contributed by atoms with van der Waals surface area (Å²) in [6.07, 6.45) is 0. The number of hydrogen-bond acceptors (Lipinski definition) is 2. The molecule has 0 spiro atoms. The van der Waals surface area contributed by atoms with Crippen molar-refractivity contribution in [3.05, 3.63) is 235 Å². The monoisotopic (exact) mass is 812 g/mol. The van der Waals surface area contributed by atoms with Crippen molar-refractivity contribution in [3.8, 4) is 39.1 Å². The number of nitrogens with two attached hydrogens (primary N) is 1. The maximum absolute atomic E-state index is 6.65. The van der Waals surface area contributed by atoms with Gasteiger partial charge in [-0.05, 0) is 75.3 Å². The molecule has 2 heterocycles. The van der Waals surface area contributed by atoms with Gasteiger partial charge in [0.1, 0.15) is 5.84 Å². The number of thiophene rings is 1. The lowest BCUT2D eigenvalue weighted by atomic mass is 9.90. The fourth-order valence-corrected chi connectivity index (χ4v) is 10.1. The molecular formula is C57H40N4S. The first-order valence-electron chi connectivity index (χ1n) is 20.9. The topological polar surface area (TPSA) is 55.7 Å². The van der Waals surface area contributed by atoms with Crippen LogP contribution < -0.4 is 5.73 Å². The molecule has 0 bridgehead atoms. The van der Waals surface area contributed by atoms with Gasteiger partial charge in [-0.25, -0.2) is 4.99 Å². The Balaban J connectivity index is 1.08. The average Bonchev–Trinajstić information content (AvgIpc) is 3.89. The molecule has 0 aliphatic rings. The van der Waals surface area contributed by atoms with Crippen molar-refractivity contribution in [2.45, 2.75) is 6.54 Å². The molecule has 0 amide bonds. The SMILES string of the molecule is NC(=NC(=NCc1cc(-c2ccccc2-c2ccccc2)ccc1-c1ccc2c(c1)sc1c2ccc2c1c1ccccc1n2-c1ccccc1)c1ccccc1)c1ccccc1. The molecule has 11 rings (SSSR count). The quantitative estimate of drug-likeness (QED) is 0.121. The van der Waals surface area contributed by atoms with E-state index >= 15 is 0 Å². The van der Waals surface area contributed by atoms with Crippen molar-refractivity contribution in [1.82, 2.24) is 4.57 Å². The van der Waals surface area contributed by atoms with E-state index in [2.05, 4.69) is 162 Å². The first-order chi connectivity index (χ1) is 30.7. The molecule has 9 aromatic carbocycles. The van der Waals surface area contributed by atoms with Crippen LogP contribution in [0.5, 0.6) is 0 Å². The van der Waals surface area contributed by atoms with Crippen LogP contribution in [0.1, 0.15) is 16.7 Å². The van der Waals surface area contributed by atoms with Gasteiger partial charge < -0.3 is 10.3 Å². The molecule has 0 saturated heterocycles. The summed E-state index contributed by atoms with van der Waals surface area (Å²) in [6, 6.07) is 77.1. The second-order valence-electron chi connectivity index (χ2n) is 15.5.